The molecule has 0 N–H and O–H groups in total. The molecule has 2 amide bonds. The van der Waals surface area contributed by atoms with E-state index in [0.29, 0.717) is 0 Å². The molecule has 204 valence electrons. The van der Waals surface area contributed by atoms with E-state index in [1.54, 1.807) is 14.1 Å². The van der Waals surface area contributed by atoms with Crippen LogP contribution in [0.1, 0.15) is 66.5 Å². The minimum atomic E-state index is -0.645. The van der Waals surface area contributed by atoms with Crippen molar-refractivity contribution in [1.82, 2.24) is 0 Å². The molecule has 38 heavy (non-hydrogen) atoms. The van der Waals surface area contributed by atoms with Crippen molar-refractivity contribution in [1.29, 1.82) is 0 Å². The number of rotatable bonds is 1. The zero-order valence-electron chi connectivity index (χ0n) is 23.8. The van der Waals surface area contributed by atoms with Gasteiger partial charge in [0.1, 0.15) is 11.2 Å². The van der Waals surface area contributed by atoms with Gasteiger partial charge >= 0.3 is 19.3 Å². The van der Waals surface area contributed by atoms with Crippen molar-refractivity contribution in [3.8, 4) is 0 Å². The summed E-state index contributed by atoms with van der Waals surface area (Å²) < 4.78 is 23.9. The molecular weight excluding hydrogens is 551 g/mol. The Bertz CT molecular complexity index is 1280. The maximum atomic E-state index is 12.1. The van der Waals surface area contributed by atoms with E-state index < -0.39 is 29.5 Å². The molecule has 0 aliphatic carbocycles. The van der Waals surface area contributed by atoms with Gasteiger partial charge in [0, 0.05) is 29.7 Å². The van der Waals surface area contributed by atoms with Crippen LogP contribution < -0.4 is 15.3 Å². The highest BCUT2D eigenvalue weighted by Gasteiger charge is 2.52. The fraction of sp³-hybridized carbons (Fsp3) is 0.500. The second kappa shape index (κ2) is 9.28. The first kappa shape index (κ1) is 28.5. The van der Waals surface area contributed by atoms with Crippen molar-refractivity contribution in [2.24, 2.45) is 0 Å². The molecular formula is C28H36BBrN2O6. The molecule has 0 atom stereocenters. The molecule has 5 rings (SSSR count). The summed E-state index contributed by atoms with van der Waals surface area (Å²) in [5.74, 6) is 0. The fourth-order valence-electron chi connectivity index (χ4n) is 4.63. The number of carbonyl (C=O) groups is 2. The van der Waals surface area contributed by atoms with Crippen molar-refractivity contribution >= 4 is 52.1 Å². The third kappa shape index (κ3) is 4.94. The number of ether oxygens (including phenoxy) is 2. The summed E-state index contributed by atoms with van der Waals surface area (Å²) in [5, 5.41) is 0. The quantitative estimate of drug-likeness (QED) is 0.377. The molecule has 2 aromatic carbocycles. The zero-order valence-corrected chi connectivity index (χ0v) is 25.3. The predicted molar refractivity (Wildman–Crippen MR) is 152 cm³/mol. The molecule has 1 saturated heterocycles. The second-order valence-electron chi connectivity index (χ2n) is 11.9. The number of halogens is 1. The first-order chi connectivity index (χ1) is 17.4. The van der Waals surface area contributed by atoms with Gasteiger partial charge in [-0.3, -0.25) is 9.80 Å². The van der Waals surface area contributed by atoms with Gasteiger partial charge in [0.25, 0.3) is 0 Å². The van der Waals surface area contributed by atoms with Gasteiger partial charge in [0.2, 0.25) is 0 Å². The monoisotopic (exact) mass is 586 g/mol. The molecule has 1 fully saturated rings. The standard InChI is InChI=1S/C17H24BNO4.C11H12BrNO2/c1-15(2)12-9-8-11(10-13(12)19(7)14(20)21-15)18-22-16(3,4)17(5,6)23-18;1-11(2)8-5-4-7(12)6-9(8)13(3)10(14)15-11/h8-10H,1-7H3;4-6H,1-3H3. The Morgan fingerprint density at radius 1 is 0.684 bits per heavy atom. The van der Waals surface area contributed by atoms with E-state index in [1.807, 2.05) is 91.8 Å². The highest BCUT2D eigenvalue weighted by atomic mass is 79.9. The first-order valence-electron chi connectivity index (χ1n) is 12.6. The molecule has 0 radical (unpaired) electrons. The Morgan fingerprint density at radius 2 is 1.11 bits per heavy atom. The van der Waals surface area contributed by atoms with E-state index in [4.69, 9.17) is 18.8 Å². The Morgan fingerprint density at radius 3 is 1.58 bits per heavy atom. The van der Waals surface area contributed by atoms with Crippen LogP contribution in [0.3, 0.4) is 0 Å². The van der Waals surface area contributed by atoms with Gasteiger partial charge < -0.3 is 18.8 Å². The minimum Gasteiger partial charge on any atom is -0.438 e. The lowest BCUT2D eigenvalue weighted by Gasteiger charge is -2.37. The molecule has 0 unspecified atom stereocenters. The van der Waals surface area contributed by atoms with Crippen LogP contribution in [0, 0.1) is 0 Å². The summed E-state index contributed by atoms with van der Waals surface area (Å²) in [7, 11) is 2.98. The topological polar surface area (TPSA) is 77.5 Å². The molecule has 0 spiro atoms. The Hall–Kier alpha value is -2.56. The van der Waals surface area contributed by atoms with Crippen molar-refractivity contribution < 1.29 is 28.4 Å². The second-order valence-corrected chi connectivity index (χ2v) is 12.8. The molecule has 3 aliphatic heterocycles. The Balaban J connectivity index is 0.000000194. The number of nitrogens with zero attached hydrogens (tertiary/aromatic N) is 2. The van der Waals surface area contributed by atoms with E-state index in [2.05, 4.69) is 15.9 Å². The third-order valence-corrected chi connectivity index (χ3v) is 8.25. The highest BCUT2D eigenvalue weighted by Crippen LogP contribution is 2.41. The fourth-order valence-corrected chi connectivity index (χ4v) is 4.98. The van der Waals surface area contributed by atoms with Crippen LogP contribution in [0.15, 0.2) is 40.9 Å². The first-order valence-corrected chi connectivity index (χ1v) is 13.4. The lowest BCUT2D eigenvalue weighted by Crippen LogP contribution is -2.43. The average molecular weight is 587 g/mol. The van der Waals surface area contributed by atoms with Gasteiger partial charge in [-0.2, -0.15) is 0 Å². The van der Waals surface area contributed by atoms with Crippen molar-refractivity contribution in [2.75, 3.05) is 23.9 Å². The number of amides is 2. The van der Waals surface area contributed by atoms with Crippen LogP contribution in [-0.2, 0) is 30.0 Å². The number of fused-ring (bicyclic) bond motifs is 2. The van der Waals surface area contributed by atoms with E-state index in [0.717, 1.165) is 32.4 Å². The van der Waals surface area contributed by atoms with Crippen molar-refractivity contribution in [3.05, 3.63) is 52.0 Å². The highest BCUT2D eigenvalue weighted by molar-refractivity contribution is 9.10. The molecule has 8 nitrogen and oxygen atoms in total. The summed E-state index contributed by atoms with van der Waals surface area (Å²) >= 11 is 3.40. The van der Waals surface area contributed by atoms with Crippen LogP contribution >= 0.6 is 15.9 Å². The largest absolute Gasteiger partial charge is 0.494 e. The summed E-state index contributed by atoms with van der Waals surface area (Å²) in [4.78, 5) is 26.7. The lowest BCUT2D eigenvalue weighted by molar-refractivity contribution is 0.00578. The third-order valence-electron chi connectivity index (χ3n) is 7.76. The van der Waals surface area contributed by atoms with E-state index in [9.17, 15) is 9.59 Å². The molecule has 0 saturated carbocycles. The summed E-state index contributed by atoms with van der Waals surface area (Å²) in [6, 6.07) is 11.8. The van der Waals surface area contributed by atoms with Gasteiger partial charge in [-0.15, -0.1) is 0 Å². The maximum Gasteiger partial charge on any atom is 0.494 e. The zero-order chi connectivity index (χ0) is 28.4. The van der Waals surface area contributed by atoms with Gasteiger partial charge in [-0.25, -0.2) is 9.59 Å². The van der Waals surface area contributed by atoms with Gasteiger partial charge in [0.15, 0.2) is 0 Å². The molecule has 3 heterocycles. The van der Waals surface area contributed by atoms with Crippen LogP contribution in [0.5, 0.6) is 0 Å². The number of cyclic esters (lactones) is 2. The lowest BCUT2D eigenvalue weighted by atomic mass is 9.77. The number of hydrogen-bond acceptors (Lipinski definition) is 6. The summed E-state index contributed by atoms with van der Waals surface area (Å²) in [5.41, 5.74) is 2.64. The van der Waals surface area contributed by atoms with Crippen molar-refractivity contribution in [2.45, 2.75) is 77.8 Å². The van der Waals surface area contributed by atoms with Crippen LogP contribution in [-0.4, -0.2) is 44.6 Å². The van der Waals surface area contributed by atoms with E-state index >= 15 is 0 Å². The van der Waals surface area contributed by atoms with Crippen LogP contribution in [0.2, 0.25) is 0 Å². The maximum absolute atomic E-state index is 12.1. The summed E-state index contributed by atoms with van der Waals surface area (Å²) in [6.45, 7) is 15.7. The number of anilines is 2. The Labute approximate surface area is 233 Å². The minimum absolute atomic E-state index is 0.314. The molecule has 0 aromatic heterocycles. The van der Waals surface area contributed by atoms with Gasteiger partial charge in [-0.1, -0.05) is 34.1 Å². The smallest absolute Gasteiger partial charge is 0.438 e. The van der Waals surface area contributed by atoms with Gasteiger partial charge in [0.05, 0.1) is 22.6 Å². The van der Waals surface area contributed by atoms with Gasteiger partial charge in [-0.05, 0) is 79.1 Å². The number of hydrogen-bond donors (Lipinski definition) is 0. The van der Waals surface area contributed by atoms with Crippen LogP contribution in [0.4, 0.5) is 21.0 Å². The number of benzene rings is 2. The van der Waals surface area contributed by atoms with E-state index in [1.165, 1.54) is 9.80 Å². The summed E-state index contributed by atoms with van der Waals surface area (Å²) in [6.07, 6.45) is -0.667. The molecule has 10 heteroatoms. The average Bonchev–Trinajstić information content (AvgIpc) is 3.02. The SMILES string of the molecule is CN1C(=O)OC(C)(C)c2ccc(B3OC(C)(C)C(C)(C)O3)cc21.CN1C(=O)OC(C)(C)c2ccc(Br)cc21. The van der Waals surface area contributed by atoms with Crippen molar-refractivity contribution in [3.63, 3.8) is 0 Å². The van der Waals surface area contributed by atoms with E-state index in [-0.39, 0.29) is 12.2 Å². The number of carbonyl (C=O) groups excluding carboxylic acids is 2. The van der Waals surface area contributed by atoms with Crippen LogP contribution in [0.25, 0.3) is 0 Å². The molecule has 3 aliphatic rings. The predicted octanol–water partition coefficient (Wildman–Crippen LogP) is 6.08. The Kier molecular flexibility index (Phi) is 6.95. The molecule has 2 aromatic rings. The molecule has 0 bridgehead atoms. The normalized spacial score (nSPS) is 22.0.